The molecule has 18 heavy (non-hydrogen) atoms. The zero-order valence-corrected chi connectivity index (χ0v) is 11.0. The Balaban J connectivity index is 1.83. The van der Waals surface area contributed by atoms with E-state index in [0.29, 0.717) is 0 Å². The molecule has 1 N–H and O–H groups in total. The highest BCUT2D eigenvalue weighted by Gasteiger charge is 2.08. The van der Waals surface area contributed by atoms with Gasteiger partial charge in [0, 0.05) is 24.9 Å². The van der Waals surface area contributed by atoms with Crippen LogP contribution in [0.15, 0.2) is 35.1 Å². The van der Waals surface area contributed by atoms with Gasteiger partial charge in [0.25, 0.3) is 0 Å². The highest BCUT2D eigenvalue weighted by atomic mass is 32.1. The maximum absolute atomic E-state index is 4.60. The third-order valence-corrected chi connectivity index (χ3v) is 3.74. The van der Waals surface area contributed by atoms with E-state index in [9.17, 15) is 0 Å². The van der Waals surface area contributed by atoms with Gasteiger partial charge in [-0.1, -0.05) is 17.4 Å². The summed E-state index contributed by atoms with van der Waals surface area (Å²) in [6.45, 7) is 2.86. The monoisotopic (exact) mass is 258 g/mol. The number of nitrogens with zero attached hydrogens (tertiary/aromatic N) is 3. The van der Waals surface area contributed by atoms with E-state index in [4.69, 9.17) is 0 Å². The second kappa shape index (κ2) is 4.86. The number of hydrogen-bond donors (Lipinski definition) is 1. The predicted molar refractivity (Wildman–Crippen MR) is 74.9 cm³/mol. The molecule has 92 valence electrons. The normalized spacial score (nSPS) is 15.8. The third kappa shape index (κ3) is 2.41. The molecule has 4 nitrogen and oxygen atoms in total. The van der Waals surface area contributed by atoms with Crippen LogP contribution in [0.1, 0.15) is 18.4 Å². The Hall–Kier alpha value is -1.75. The van der Waals surface area contributed by atoms with Crippen molar-refractivity contribution in [3.8, 4) is 0 Å². The first-order valence-electron chi connectivity index (χ1n) is 5.99. The lowest BCUT2D eigenvalue weighted by molar-refractivity contribution is 0.980. The minimum Gasteiger partial charge on any atom is -0.348 e. The van der Waals surface area contributed by atoms with E-state index in [1.807, 2.05) is 25.3 Å². The molecule has 3 rings (SSSR count). The lowest BCUT2D eigenvalue weighted by atomic mass is 10.2. The van der Waals surface area contributed by atoms with Gasteiger partial charge in [-0.3, -0.25) is 4.99 Å². The number of amidine groups is 1. The van der Waals surface area contributed by atoms with Crippen molar-refractivity contribution >= 4 is 27.5 Å². The van der Waals surface area contributed by atoms with Gasteiger partial charge >= 0.3 is 0 Å². The largest absolute Gasteiger partial charge is 0.348 e. The van der Waals surface area contributed by atoms with Gasteiger partial charge < -0.3 is 5.32 Å². The molecule has 0 radical (unpaired) electrons. The van der Waals surface area contributed by atoms with Crippen LogP contribution in [0.3, 0.4) is 0 Å². The molecular formula is C13H14N4S. The number of rotatable bonds is 2. The summed E-state index contributed by atoms with van der Waals surface area (Å²) >= 11 is 1.66. The number of thiazole rings is 1. The van der Waals surface area contributed by atoms with Crippen molar-refractivity contribution in [3.05, 3.63) is 35.1 Å². The number of hydrogen-bond acceptors (Lipinski definition) is 5. The fourth-order valence-corrected chi connectivity index (χ4v) is 2.89. The lowest BCUT2D eigenvalue weighted by Gasteiger charge is -2.06. The highest BCUT2D eigenvalue weighted by molar-refractivity contribution is 7.18. The molecule has 0 saturated carbocycles. The van der Waals surface area contributed by atoms with Gasteiger partial charge in [0.2, 0.25) is 0 Å². The third-order valence-electron chi connectivity index (χ3n) is 2.76. The SMILES string of the molecule is CC1=NCCC=C(Cc2nc3cccnc3s2)N1. The molecule has 1 aliphatic heterocycles. The van der Waals surface area contributed by atoms with Gasteiger partial charge in [-0.2, -0.15) is 0 Å². The van der Waals surface area contributed by atoms with Crippen molar-refractivity contribution < 1.29 is 0 Å². The number of allylic oxidation sites excluding steroid dienone is 1. The van der Waals surface area contributed by atoms with Crippen molar-refractivity contribution in [3.63, 3.8) is 0 Å². The van der Waals surface area contributed by atoms with E-state index in [-0.39, 0.29) is 0 Å². The number of aromatic nitrogens is 2. The molecule has 0 unspecified atom stereocenters. The van der Waals surface area contributed by atoms with Crippen LogP contribution in [0.4, 0.5) is 0 Å². The van der Waals surface area contributed by atoms with Crippen LogP contribution >= 0.6 is 11.3 Å². The summed E-state index contributed by atoms with van der Waals surface area (Å²) in [6.07, 6.45) is 5.83. The average molecular weight is 258 g/mol. The Labute approximate surface area is 109 Å². The highest BCUT2D eigenvalue weighted by Crippen LogP contribution is 2.21. The van der Waals surface area contributed by atoms with Crippen molar-refractivity contribution in [2.24, 2.45) is 4.99 Å². The topological polar surface area (TPSA) is 50.2 Å². The maximum Gasteiger partial charge on any atom is 0.143 e. The van der Waals surface area contributed by atoms with Crippen LogP contribution in [-0.4, -0.2) is 22.3 Å². The van der Waals surface area contributed by atoms with Crippen molar-refractivity contribution in [1.82, 2.24) is 15.3 Å². The quantitative estimate of drug-likeness (QED) is 0.900. The maximum atomic E-state index is 4.60. The van der Waals surface area contributed by atoms with E-state index in [0.717, 1.165) is 40.6 Å². The van der Waals surface area contributed by atoms with Crippen LogP contribution in [0.25, 0.3) is 10.3 Å². The molecule has 0 amide bonds. The fraction of sp³-hybridized carbons (Fsp3) is 0.308. The molecule has 0 fully saturated rings. The van der Waals surface area contributed by atoms with E-state index in [2.05, 4.69) is 26.4 Å². The van der Waals surface area contributed by atoms with Crippen LogP contribution in [0.5, 0.6) is 0 Å². The number of pyridine rings is 1. The molecule has 0 bridgehead atoms. The van der Waals surface area contributed by atoms with Gasteiger partial charge in [0.15, 0.2) is 0 Å². The number of fused-ring (bicyclic) bond motifs is 1. The first-order chi connectivity index (χ1) is 8.81. The van der Waals surface area contributed by atoms with Crippen molar-refractivity contribution in [2.75, 3.05) is 6.54 Å². The molecule has 0 atom stereocenters. The Kier molecular flexibility index (Phi) is 3.06. The van der Waals surface area contributed by atoms with E-state index in [1.54, 1.807) is 11.3 Å². The molecule has 1 aliphatic rings. The summed E-state index contributed by atoms with van der Waals surface area (Å²) in [5.41, 5.74) is 2.17. The first kappa shape index (κ1) is 11.3. The number of nitrogens with one attached hydrogen (secondary N) is 1. The van der Waals surface area contributed by atoms with Crippen LogP contribution < -0.4 is 5.32 Å². The summed E-state index contributed by atoms with van der Waals surface area (Å²) in [4.78, 5) is 14.3. The standard InChI is InChI=1S/C13H14N4S/c1-9-14-6-2-4-10(16-9)8-12-17-11-5-3-7-15-13(11)18-12/h3-5,7H,2,6,8H2,1H3,(H,14,16). The molecule has 2 aromatic heterocycles. The van der Waals surface area contributed by atoms with Gasteiger partial charge in [0.1, 0.15) is 15.4 Å². The number of aliphatic imine (C=N–C) groups is 1. The fourth-order valence-electron chi connectivity index (χ4n) is 1.96. The first-order valence-corrected chi connectivity index (χ1v) is 6.80. The smallest absolute Gasteiger partial charge is 0.143 e. The Morgan fingerprint density at radius 2 is 2.39 bits per heavy atom. The Morgan fingerprint density at radius 3 is 3.28 bits per heavy atom. The molecule has 0 spiro atoms. The molecule has 5 heteroatoms. The van der Waals surface area contributed by atoms with Crippen LogP contribution in [-0.2, 0) is 6.42 Å². The zero-order chi connectivity index (χ0) is 12.4. The summed E-state index contributed by atoms with van der Waals surface area (Å²) in [5.74, 6) is 0.984. The Morgan fingerprint density at radius 1 is 1.44 bits per heavy atom. The molecule has 0 aliphatic carbocycles. The minimum absolute atomic E-state index is 0.827. The van der Waals surface area contributed by atoms with Crippen LogP contribution in [0.2, 0.25) is 0 Å². The Bertz CT molecular complexity index is 594. The van der Waals surface area contributed by atoms with Crippen LogP contribution in [0, 0.1) is 0 Å². The lowest BCUT2D eigenvalue weighted by Crippen LogP contribution is -2.20. The van der Waals surface area contributed by atoms with Crippen molar-refractivity contribution in [1.29, 1.82) is 0 Å². The van der Waals surface area contributed by atoms with Crippen molar-refractivity contribution in [2.45, 2.75) is 19.8 Å². The van der Waals surface area contributed by atoms with E-state index >= 15 is 0 Å². The minimum atomic E-state index is 0.827. The molecular weight excluding hydrogens is 244 g/mol. The molecule has 0 saturated heterocycles. The molecule has 3 heterocycles. The summed E-state index contributed by atoms with van der Waals surface area (Å²) in [7, 11) is 0. The summed E-state index contributed by atoms with van der Waals surface area (Å²) < 4.78 is 0. The van der Waals surface area contributed by atoms with Gasteiger partial charge in [-0.05, 0) is 25.5 Å². The van der Waals surface area contributed by atoms with Gasteiger partial charge in [0.05, 0.1) is 5.84 Å². The van der Waals surface area contributed by atoms with Gasteiger partial charge in [-0.25, -0.2) is 9.97 Å². The predicted octanol–water partition coefficient (Wildman–Crippen LogP) is 2.53. The average Bonchev–Trinajstić information content (AvgIpc) is 2.65. The second-order valence-corrected chi connectivity index (χ2v) is 5.28. The zero-order valence-electron chi connectivity index (χ0n) is 10.2. The summed E-state index contributed by atoms with van der Waals surface area (Å²) in [5, 5.41) is 4.42. The summed E-state index contributed by atoms with van der Waals surface area (Å²) in [6, 6.07) is 3.93. The van der Waals surface area contributed by atoms with E-state index in [1.165, 1.54) is 5.70 Å². The second-order valence-electron chi connectivity index (χ2n) is 4.22. The van der Waals surface area contributed by atoms with Gasteiger partial charge in [-0.15, -0.1) is 0 Å². The van der Waals surface area contributed by atoms with E-state index < -0.39 is 0 Å². The molecule has 0 aromatic carbocycles. The molecule has 2 aromatic rings.